The number of hydrogen-bond donors (Lipinski definition) is 1. The summed E-state index contributed by atoms with van der Waals surface area (Å²) in [4.78, 5) is 22.8. The molecule has 0 saturated carbocycles. The molecular formula is C17H21NO4. The van der Waals surface area contributed by atoms with E-state index in [9.17, 15) is 9.59 Å². The Kier molecular flexibility index (Phi) is 4.54. The zero-order valence-corrected chi connectivity index (χ0v) is 13.3. The summed E-state index contributed by atoms with van der Waals surface area (Å²) in [5.74, 6) is -0.780. The van der Waals surface area contributed by atoms with Crippen molar-refractivity contribution in [2.24, 2.45) is 5.73 Å². The highest BCUT2D eigenvalue weighted by atomic mass is 16.5. The summed E-state index contributed by atoms with van der Waals surface area (Å²) in [5.41, 5.74) is 8.95. The minimum atomic E-state index is -0.931. The smallest absolute Gasteiger partial charge is 0.311 e. The highest BCUT2D eigenvalue weighted by Gasteiger charge is 2.18. The van der Waals surface area contributed by atoms with Crippen LogP contribution in [0.3, 0.4) is 0 Å². The van der Waals surface area contributed by atoms with Crippen molar-refractivity contribution >= 4 is 22.8 Å². The monoisotopic (exact) mass is 303 g/mol. The van der Waals surface area contributed by atoms with Gasteiger partial charge in [0.25, 0.3) is 5.91 Å². The average Bonchev–Trinajstić information content (AvgIpc) is 2.79. The van der Waals surface area contributed by atoms with Crippen molar-refractivity contribution in [1.29, 1.82) is 0 Å². The zero-order valence-electron chi connectivity index (χ0n) is 13.3. The number of aryl methyl sites for hydroxylation is 1. The fourth-order valence-corrected chi connectivity index (χ4v) is 2.46. The van der Waals surface area contributed by atoms with Gasteiger partial charge >= 0.3 is 5.97 Å². The predicted molar refractivity (Wildman–Crippen MR) is 83.5 cm³/mol. The Hall–Kier alpha value is -2.30. The number of primary amides is 1. The number of hydrogen-bond acceptors (Lipinski definition) is 4. The van der Waals surface area contributed by atoms with Gasteiger partial charge in [0.2, 0.25) is 0 Å². The molecule has 2 N–H and O–H groups in total. The number of fused-ring (bicyclic) bond motifs is 1. The molecule has 1 heterocycles. The first-order valence-electron chi connectivity index (χ1n) is 7.29. The Morgan fingerprint density at radius 2 is 1.95 bits per heavy atom. The standard InChI is InChI=1S/C17H21NO4/c1-9(2)13-7-14-12(8-21-15(14)5-10(13)3)6-16(19)22-11(4)17(18)20/h5,7-9,11H,6H2,1-4H3,(H2,18,20)/t11-/m0/s1. The number of esters is 1. The number of rotatable bonds is 5. The van der Waals surface area contributed by atoms with Crippen LogP contribution in [0.4, 0.5) is 0 Å². The van der Waals surface area contributed by atoms with Crippen LogP contribution in [-0.4, -0.2) is 18.0 Å². The molecule has 5 nitrogen and oxygen atoms in total. The van der Waals surface area contributed by atoms with Gasteiger partial charge in [-0.3, -0.25) is 9.59 Å². The van der Waals surface area contributed by atoms with Crippen molar-refractivity contribution in [3.8, 4) is 0 Å². The molecule has 0 radical (unpaired) electrons. The summed E-state index contributed by atoms with van der Waals surface area (Å²) in [7, 11) is 0. The summed E-state index contributed by atoms with van der Waals surface area (Å²) in [6.07, 6.45) is 0.675. The van der Waals surface area contributed by atoms with E-state index in [0.29, 0.717) is 5.92 Å². The number of benzene rings is 1. The lowest BCUT2D eigenvalue weighted by atomic mass is 9.95. The van der Waals surface area contributed by atoms with E-state index in [4.69, 9.17) is 14.9 Å². The number of carbonyl (C=O) groups is 2. The van der Waals surface area contributed by atoms with Gasteiger partial charge < -0.3 is 14.9 Å². The molecule has 0 bridgehead atoms. The minimum Gasteiger partial charge on any atom is -0.464 e. The lowest BCUT2D eigenvalue weighted by Gasteiger charge is -2.11. The SMILES string of the molecule is Cc1cc2occ(CC(=O)O[C@@H](C)C(N)=O)c2cc1C(C)C. The van der Waals surface area contributed by atoms with E-state index in [1.807, 2.05) is 13.0 Å². The zero-order chi connectivity index (χ0) is 16.4. The van der Waals surface area contributed by atoms with Crippen LogP contribution < -0.4 is 5.73 Å². The molecule has 2 rings (SSSR count). The number of amides is 1. The lowest BCUT2D eigenvalue weighted by Crippen LogP contribution is -2.30. The summed E-state index contributed by atoms with van der Waals surface area (Å²) in [6, 6.07) is 4.03. The third kappa shape index (κ3) is 3.30. The highest BCUT2D eigenvalue weighted by Crippen LogP contribution is 2.29. The van der Waals surface area contributed by atoms with E-state index >= 15 is 0 Å². The molecule has 0 aliphatic heterocycles. The summed E-state index contributed by atoms with van der Waals surface area (Å²) in [6.45, 7) is 7.74. The van der Waals surface area contributed by atoms with Crippen LogP contribution >= 0.6 is 0 Å². The van der Waals surface area contributed by atoms with Crippen molar-refractivity contribution in [2.75, 3.05) is 0 Å². The highest BCUT2D eigenvalue weighted by molar-refractivity contribution is 5.88. The fourth-order valence-electron chi connectivity index (χ4n) is 2.46. The van der Waals surface area contributed by atoms with E-state index in [1.165, 1.54) is 12.5 Å². The van der Waals surface area contributed by atoms with Crippen LogP contribution in [0.5, 0.6) is 0 Å². The van der Waals surface area contributed by atoms with Gasteiger partial charge in [0, 0.05) is 10.9 Å². The van der Waals surface area contributed by atoms with E-state index < -0.39 is 18.0 Å². The maximum Gasteiger partial charge on any atom is 0.311 e. The molecule has 22 heavy (non-hydrogen) atoms. The van der Waals surface area contributed by atoms with Gasteiger partial charge in [0.15, 0.2) is 6.10 Å². The van der Waals surface area contributed by atoms with Gasteiger partial charge in [-0.25, -0.2) is 0 Å². The predicted octanol–water partition coefficient (Wildman–Crippen LogP) is 2.82. The molecule has 1 amide bonds. The molecule has 1 aromatic carbocycles. The minimum absolute atomic E-state index is 0.0468. The largest absolute Gasteiger partial charge is 0.464 e. The number of ether oxygens (including phenoxy) is 1. The van der Waals surface area contributed by atoms with E-state index in [0.717, 1.165) is 22.1 Å². The van der Waals surface area contributed by atoms with Crippen molar-refractivity contribution in [3.63, 3.8) is 0 Å². The van der Waals surface area contributed by atoms with Gasteiger partial charge in [0.1, 0.15) is 5.58 Å². The van der Waals surface area contributed by atoms with Crippen LogP contribution in [-0.2, 0) is 20.7 Å². The Morgan fingerprint density at radius 3 is 2.55 bits per heavy atom. The van der Waals surface area contributed by atoms with Gasteiger partial charge in [-0.1, -0.05) is 13.8 Å². The fraction of sp³-hybridized carbons (Fsp3) is 0.412. The summed E-state index contributed by atoms with van der Waals surface area (Å²) < 4.78 is 10.5. The summed E-state index contributed by atoms with van der Waals surface area (Å²) >= 11 is 0. The first-order valence-corrected chi connectivity index (χ1v) is 7.29. The number of furan rings is 1. The molecular weight excluding hydrogens is 282 g/mol. The van der Waals surface area contributed by atoms with Crippen LogP contribution in [0.1, 0.15) is 43.4 Å². The molecule has 2 aromatic rings. The third-order valence-electron chi connectivity index (χ3n) is 3.71. The van der Waals surface area contributed by atoms with Gasteiger partial charge in [0.05, 0.1) is 12.7 Å². The van der Waals surface area contributed by atoms with Crippen LogP contribution in [0.15, 0.2) is 22.8 Å². The first-order chi connectivity index (χ1) is 10.3. The summed E-state index contributed by atoms with van der Waals surface area (Å²) in [5, 5.41) is 0.901. The Balaban J connectivity index is 2.27. The Bertz CT molecular complexity index is 715. The second-order valence-electron chi connectivity index (χ2n) is 5.83. The molecule has 5 heteroatoms. The molecule has 0 aliphatic rings. The lowest BCUT2D eigenvalue weighted by molar-refractivity contribution is -0.153. The number of nitrogens with two attached hydrogens (primary N) is 1. The van der Waals surface area contributed by atoms with E-state index in [-0.39, 0.29) is 6.42 Å². The molecule has 118 valence electrons. The molecule has 0 unspecified atom stereocenters. The Morgan fingerprint density at radius 1 is 1.27 bits per heavy atom. The van der Waals surface area contributed by atoms with Gasteiger partial charge in [-0.05, 0) is 43.0 Å². The van der Waals surface area contributed by atoms with Crippen molar-refractivity contribution in [2.45, 2.75) is 46.1 Å². The quantitative estimate of drug-likeness (QED) is 0.861. The maximum atomic E-state index is 11.9. The molecule has 1 aromatic heterocycles. The molecule has 0 fully saturated rings. The average molecular weight is 303 g/mol. The third-order valence-corrected chi connectivity index (χ3v) is 3.71. The topological polar surface area (TPSA) is 82.5 Å². The van der Waals surface area contributed by atoms with Crippen molar-refractivity contribution < 1.29 is 18.7 Å². The molecule has 1 atom stereocenters. The van der Waals surface area contributed by atoms with Crippen LogP contribution in [0.2, 0.25) is 0 Å². The van der Waals surface area contributed by atoms with Crippen LogP contribution in [0.25, 0.3) is 11.0 Å². The number of carbonyl (C=O) groups excluding carboxylic acids is 2. The van der Waals surface area contributed by atoms with Crippen molar-refractivity contribution in [3.05, 3.63) is 35.1 Å². The first kappa shape index (κ1) is 16.1. The van der Waals surface area contributed by atoms with E-state index in [2.05, 4.69) is 19.9 Å². The molecule has 0 aliphatic carbocycles. The second kappa shape index (κ2) is 6.22. The second-order valence-corrected chi connectivity index (χ2v) is 5.83. The maximum absolute atomic E-state index is 11.9. The molecule has 0 saturated heterocycles. The normalized spacial score (nSPS) is 12.6. The van der Waals surface area contributed by atoms with Gasteiger partial charge in [-0.15, -0.1) is 0 Å². The Labute approximate surface area is 129 Å². The van der Waals surface area contributed by atoms with Crippen molar-refractivity contribution in [1.82, 2.24) is 0 Å². The van der Waals surface area contributed by atoms with E-state index in [1.54, 1.807) is 6.26 Å². The van der Waals surface area contributed by atoms with Gasteiger partial charge in [-0.2, -0.15) is 0 Å². The molecule has 0 spiro atoms. The van der Waals surface area contributed by atoms with Crippen LogP contribution in [0, 0.1) is 6.92 Å².